The van der Waals surface area contributed by atoms with Gasteiger partial charge in [0, 0.05) is 43.2 Å². The molecule has 1 aromatic carbocycles. The average Bonchev–Trinajstić information content (AvgIpc) is 2.35. The van der Waals surface area contributed by atoms with E-state index in [1.165, 1.54) is 6.21 Å². The lowest BCUT2D eigenvalue weighted by Crippen LogP contribution is -2.07. The summed E-state index contributed by atoms with van der Waals surface area (Å²) in [6, 6.07) is 1.80. The Morgan fingerprint density at radius 2 is 1.95 bits per heavy atom. The van der Waals surface area contributed by atoms with Crippen LogP contribution >= 0.6 is 0 Å². The van der Waals surface area contributed by atoms with Gasteiger partial charge in [0.05, 0.1) is 5.56 Å². The third-order valence-corrected chi connectivity index (χ3v) is 2.55. The van der Waals surface area contributed by atoms with Crippen molar-refractivity contribution in [2.75, 3.05) is 14.1 Å². The van der Waals surface area contributed by atoms with Crippen molar-refractivity contribution in [1.29, 1.82) is 0 Å². The van der Waals surface area contributed by atoms with E-state index in [4.69, 9.17) is 0 Å². The summed E-state index contributed by atoms with van der Waals surface area (Å²) >= 11 is 0. The lowest BCUT2D eigenvalue weighted by Gasteiger charge is -2.11. The maximum Gasteiger partial charge on any atom is 0.136 e. The Morgan fingerprint density at radius 3 is 2.47 bits per heavy atom. The molecule has 0 aromatic heterocycles. The van der Waals surface area contributed by atoms with Crippen molar-refractivity contribution in [2.24, 2.45) is 9.98 Å². The van der Waals surface area contributed by atoms with Crippen LogP contribution in [0.5, 0.6) is 11.5 Å². The van der Waals surface area contributed by atoms with Crippen molar-refractivity contribution in [2.45, 2.75) is 26.4 Å². The maximum absolute atomic E-state index is 10.2. The Balaban J connectivity index is 3.40. The number of hydrogen-bond donors (Lipinski definition) is 3. The van der Waals surface area contributed by atoms with Gasteiger partial charge in [-0.25, -0.2) is 0 Å². The average molecular weight is 263 g/mol. The standard InChI is InChI=1S/C14H21N3O2/c1-9(2)17-8-12-13(18)10(6-15-3)5-11(7-16-4)14(12)19/h5-6,8-9,16,18-19H,7H2,1-4H3. The minimum atomic E-state index is -0.00708. The van der Waals surface area contributed by atoms with Gasteiger partial charge in [0.15, 0.2) is 0 Å². The van der Waals surface area contributed by atoms with Crippen molar-refractivity contribution < 1.29 is 10.2 Å². The topological polar surface area (TPSA) is 77.2 Å². The molecule has 104 valence electrons. The van der Waals surface area contributed by atoms with Crippen LogP contribution in [0.25, 0.3) is 0 Å². The zero-order valence-corrected chi connectivity index (χ0v) is 11.8. The van der Waals surface area contributed by atoms with E-state index in [1.54, 1.807) is 26.4 Å². The first-order valence-corrected chi connectivity index (χ1v) is 6.19. The number of hydrogen-bond acceptors (Lipinski definition) is 5. The zero-order chi connectivity index (χ0) is 14.4. The van der Waals surface area contributed by atoms with Crippen LogP contribution in [-0.4, -0.2) is 42.8 Å². The van der Waals surface area contributed by atoms with E-state index in [0.717, 1.165) is 0 Å². The number of nitrogens with one attached hydrogen (secondary N) is 1. The molecule has 0 spiro atoms. The SMILES string of the molecule is CN=Cc1cc(CNC)c(O)c(C=NC(C)C)c1O. The maximum atomic E-state index is 10.2. The molecule has 3 N–H and O–H groups in total. The second-order valence-electron chi connectivity index (χ2n) is 4.53. The highest BCUT2D eigenvalue weighted by Crippen LogP contribution is 2.32. The summed E-state index contributed by atoms with van der Waals surface area (Å²) in [5, 5.41) is 23.3. The molecule has 0 heterocycles. The first kappa shape index (κ1) is 15.2. The van der Waals surface area contributed by atoms with Crippen molar-refractivity contribution >= 4 is 12.4 Å². The van der Waals surface area contributed by atoms with Crippen LogP contribution in [0.2, 0.25) is 0 Å². The molecule has 19 heavy (non-hydrogen) atoms. The van der Waals surface area contributed by atoms with Crippen molar-refractivity contribution in [1.82, 2.24) is 5.32 Å². The molecule has 0 atom stereocenters. The van der Waals surface area contributed by atoms with Gasteiger partial charge in [-0.2, -0.15) is 0 Å². The van der Waals surface area contributed by atoms with Crippen molar-refractivity contribution in [3.05, 3.63) is 22.8 Å². The molecule has 1 rings (SSSR count). The Labute approximate surface area is 113 Å². The van der Waals surface area contributed by atoms with Gasteiger partial charge >= 0.3 is 0 Å². The van der Waals surface area contributed by atoms with E-state index in [1.807, 2.05) is 13.8 Å². The van der Waals surface area contributed by atoms with Gasteiger partial charge in [-0.1, -0.05) is 0 Å². The molecule has 1 aromatic rings. The molecule has 0 bridgehead atoms. The number of phenols is 2. The van der Waals surface area contributed by atoms with E-state index in [9.17, 15) is 10.2 Å². The molecular weight excluding hydrogens is 242 g/mol. The molecular formula is C14H21N3O2. The number of nitrogens with zero attached hydrogens (tertiary/aromatic N) is 2. The fourth-order valence-corrected chi connectivity index (χ4v) is 1.67. The Hall–Kier alpha value is -1.88. The molecule has 0 radical (unpaired) electrons. The number of phenolic OH excluding ortho intramolecular Hbond substituents is 2. The van der Waals surface area contributed by atoms with Crippen molar-refractivity contribution in [3.63, 3.8) is 0 Å². The van der Waals surface area contributed by atoms with Gasteiger partial charge in [-0.05, 0) is 27.0 Å². The van der Waals surface area contributed by atoms with Crippen molar-refractivity contribution in [3.8, 4) is 11.5 Å². The highest BCUT2D eigenvalue weighted by Gasteiger charge is 2.14. The second kappa shape index (κ2) is 6.89. The molecule has 0 aliphatic heterocycles. The molecule has 0 amide bonds. The largest absolute Gasteiger partial charge is 0.507 e. The molecule has 0 fully saturated rings. The first-order chi connectivity index (χ1) is 9.01. The van der Waals surface area contributed by atoms with Crippen LogP contribution < -0.4 is 5.32 Å². The van der Waals surface area contributed by atoms with Crippen LogP contribution in [0, 0.1) is 0 Å². The summed E-state index contributed by atoms with van der Waals surface area (Å²) in [6.07, 6.45) is 3.06. The highest BCUT2D eigenvalue weighted by atomic mass is 16.3. The van der Waals surface area contributed by atoms with Gasteiger partial charge in [0.2, 0.25) is 0 Å². The Morgan fingerprint density at radius 1 is 1.26 bits per heavy atom. The highest BCUT2D eigenvalue weighted by molar-refractivity contribution is 5.95. The van der Waals surface area contributed by atoms with Gasteiger partial charge in [0.25, 0.3) is 0 Å². The molecule has 5 heteroatoms. The smallest absolute Gasteiger partial charge is 0.136 e. The first-order valence-electron chi connectivity index (χ1n) is 6.19. The lowest BCUT2D eigenvalue weighted by atomic mass is 10.0. The number of aromatic hydroxyl groups is 2. The molecule has 0 saturated carbocycles. The molecule has 0 aliphatic carbocycles. The fraction of sp³-hybridized carbons (Fsp3) is 0.429. The minimum Gasteiger partial charge on any atom is -0.507 e. The fourth-order valence-electron chi connectivity index (χ4n) is 1.67. The zero-order valence-electron chi connectivity index (χ0n) is 11.8. The van der Waals surface area contributed by atoms with Gasteiger partial charge < -0.3 is 15.5 Å². The summed E-state index contributed by atoms with van der Waals surface area (Å²) in [5.41, 5.74) is 1.59. The molecule has 0 aliphatic rings. The Bertz CT molecular complexity index is 494. The predicted molar refractivity (Wildman–Crippen MR) is 78.8 cm³/mol. The minimum absolute atomic E-state index is 0.00708. The van der Waals surface area contributed by atoms with Gasteiger partial charge in [-0.3, -0.25) is 9.98 Å². The van der Waals surface area contributed by atoms with Gasteiger partial charge in [-0.15, -0.1) is 0 Å². The van der Waals surface area contributed by atoms with Crippen LogP contribution in [0.4, 0.5) is 0 Å². The number of aliphatic imine (C=N–C) groups is 2. The lowest BCUT2D eigenvalue weighted by molar-refractivity contribution is 0.442. The molecule has 0 unspecified atom stereocenters. The van der Waals surface area contributed by atoms with E-state index < -0.39 is 0 Å². The normalized spacial score (nSPS) is 12.1. The monoisotopic (exact) mass is 263 g/mol. The van der Waals surface area contributed by atoms with E-state index >= 15 is 0 Å². The number of benzene rings is 1. The third kappa shape index (κ3) is 3.79. The quantitative estimate of drug-likeness (QED) is 0.707. The number of rotatable bonds is 5. The van der Waals surface area contributed by atoms with Crippen LogP contribution in [0.3, 0.4) is 0 Å². The summed E-state index contributed by atoms with van der Waals surface area (Å²) in [4.78, 5) is 8.11. The van der Waals surface area contributed by atoms with Crippen LogP contribution in [0.15, 0.2) is 16.1 Å². The van der Waals surface area contributed by atoms with E-state index in [0.29, 0.717) is 23.2 Å². The molecule has 0 saturated heterocycles. The summed E-state index contributed by atoms with van der Waals surface area (Å²) in [6.45, 7) is 4.35. The third-order valence-electron chi connectivity index (χ3n) is 2.55. The Kier molecular flexibility index (Phi) is 5.51. The summed E-state index contributed by atoms with van der Waals surface area (Å²) in [5.74, 6) is 0.0388. The van der Waals surface area contributed by atoms with Gasteiger partial charge in [0.1, 0.15) is 11.5 Å². The summed E-state index contributed by atoms with van der Waals surface area (Å²) < 4.78 is 0. The van der Waals surface area contributed by atoms with Crippen LogP contribution in [0.1, 0.15) is 30.5 Å². The second-order valence-corrected chi connectivity index (χ2v) is 4.53. The molecule has 5 nitrogen and oxygen atoms in total. The van der Waals surface area contributed by atoms with E-state index in [-0.39, 0.29) is 17.5 Å². The van der Waals surface area contributed by atoms with Crippen LogP contribution in [-0.2, 0) is 6.54 Å². The van der Waals surface area contributed by atoms with E-state index in [2.05, 4.69) is 15.3 Å². The summed E-state index contributed by atoms with van der Waals surface area (Å²) in [7, 11) is 3.42. The predicted octanol–water partition coefficient (Wildman–Crippen LogP) is 1.69.